The number of hydrogen-bond acceptors (Lipinski definition) is 2. The van der Waals surface area contributed by atoms with E-state index < -0.39 is 0 Å². The number of nitrogens with zero attached hydrogens (tertiary/aromatic N) is 1. The van der Waals surface area contributed by atoms with Gasteiger partial charge in [0.2, 0.25) is 0 Å². The molecule has 2 aromatic rings. The molecule has 13 heavy (non-hydrogen) atoms. The first kappa shape index (κ1) is 7.71. The highest BCUT2D eigenvalue weighted by molar-refractivity contribution is 9.11. The van der Waals surface area contributed by atoms with Crippen LogP contribution in [0.15, 0.2) is 28.2 Å². The lowest BCUT2D eigenvalue weighted by atomic mass is 10.1. The average Bonchev–Trinajstić information content (AvgIpc) is 2.60. The van der Waals surface area contributed by atoms with Crippen LogP contribution >= 0.6 is 27.3 Å². The fourth-order valence-electron chi connectivity index (χ4n) is 1.73. The molecule has 1 heterocycles. The van der Waals surface area contributed by atoms with E-state index in [0.29, 0.717) is 0 Å². The maximum absolute atomic E-state index is 4.47. The molecule has 3 rings (SSSR count). The van der Waals surface area contributed by atoms with Gasteiger partial charge in [0, 0.05) is 16.9 Å². The summed E-state index contributed by atoms with van der Waals surface area (Å²) in [5.74, 6) is 0. The maximum atomic E-state index is 4.47. The molecule has 0 spiro atoms. The third kappa shape index (κ3) is 1.07. The molecule has 0 amide bonds. The summed E-state index contributed by atoms with van der Waals surface area (Å²) in [6.45, 7) is 0. The molecular formula is C10H6BrNS. The summed E-state index contributed by atoms with van der Waals surface area (Å²) >= 11 is 5.16. The molecule has 0 bridgehead atoms. The molecule has 0 aliphatic heterocycles. The lowest BCUT2D eigenvalue weighted by Crippen LogP contribution is -1.78. The van der Waals surface area contributed by atoms with Crippen molar-refractivity contribution in [2.24, 2.45) is 0 Å². The number of aromatic nitrogens is 1. The zero-order chi connectivity index (χ0) is 8.84. The number of thiazole rings is 1. The molecule has 1 aliphatic carbocycles. The van der Waals surface area contributed by atoms with Crippen LogP contribution in [0.5, 0.6) is 0 Å². The summed E-state index contributed by atoms with van der Waals surface area (Å²) in [5, 5.41) is 0. The highest BCUT2D eigenvalue weighted by Crippen LogP contribution is 2.40. The fraction of sp³-hybridized carbons (Fsp3) is 0.100. The minimum absolute atomic E-state index is 0.993. The van der Waals surface area contributed by atoms with Crippen molar-refractivity contribution < 1.29 is 0 Å². The molecule has 1 aromatic carbocycles. The molecular weight excluding hydrogens is 246 g/mol. The van der Waals surface area contributed by atoms with Gasteiger partial charge >= 0.3 is 0 Å². The smallest absolute Gasteiger partial charge is 0.160 e. The summed E-state index contributed by atoms with van der Waals surface area (Å²) in [5.41, 5.74) is 3.88. The Hall–Kier alpha value is -0.670. The van der Waals surface area contributed by atoms with E-state index in [0.717, 1.165) is 10.3 Å². The molecule has 0 saturated heterocycles. The van der Waals surface area contributed by atoms with Gasteiger partial charge in [0.15, 0.2) is 3.92 Å². The Morgan fingerprint density at radius 1 is 1.31 bits per heavy atom. The lowest BCUT2D eigenvalue weighted by molar-refractivity contribution is 1.31. The van der Waals surface area contributed by atoms with Gasteiger partial charge < -0.3 is 0 Å². The largest absolute Gasteiger partial charge is 0.229 e. The van der Waals surface area contributed by atoms with Crippen LogP contribution in [0.2, 0.25) is 0 Å². The predicted octanol–water partition coefficient (Wildman–Crippen LogP) is 3.48. The number of fused-ring (bicyclic) bond motifs is 3. The van der Waals surface area contributed by atoms with Crippen LogP contribution in [-0.2, 0) is 6.42 Å². The molecule has 0 unspecified atom stereocenters. The van der Waals surface area contributed by atoms with Crippen molar-refractivity contribution in [2.75, 3.05) is 0 Å². The summed E-state index contributed by atoms with van der Waals surface area (Å²) in [6, 6.07) is 8.48. The molecule has 0 atom stereocenters. The van der Waals surface area contributed by atoms with E-state index in [1.54, 1.807) is 11.3 Å². The molecule has 1 nitrogen and oxygen atoms in total. The Bertz CT molecular complexity index is 476. The van der Waals surface area contributed by atoms with E-state index >= 15 is 0 Å². The first-order valence-electron chi connectivity index (χ1n) is 4.08. The Morgan fingerprint density at radius 3 is 3.08 bits per heavy atom. The second-order valence-electron chi connectivity index (χ2n) is 3.07. The quantitative estimate of drug-likeness (QED) is 0.597. The van der Waals surface area contributed by atoms with Gasteiger partial charge in [0.1, 0.15) is 0 Å². The normalized spacial score (nSPS) is 12.7. The van der Waals surface area contributed by atoms with Crippen LogP contribution < -0.4 is 0 Å². The summed E-state index contributed by atoms with van der Waals surface area (Å²) in [4.78, 5) is 5.85. The third-order valence-electron chi connectivity index (χ3n) is 2.29. The summed E-state index contributed by atoms with van der Waals surface area (Å²) in [6.07, 6.45) is 1.05. The minimum Gasteiger partial charge on any atom is -0.229 e. The summed E-state index contributed by atoms with van der Waals surface area (Å²) < 4.78 is 0.993. The van der Waals surface area contributed by atoms with Gasteiger partial charge in [0.05, 0.1) is 5.69 Å². The molecule has 1 aliphatic rings. The van der Waals surface area contributed by atoms with E-state index in [-0.39, 0.29) is 0 Å². The Balaban J connectivity index is 2.30. The van der Waals surface area contributed by atoms with Crippen molar-refractivity contribution in [3.05, 3.63) is 38.6 Å². The minimum atomic E-state index is 0.993. The van der Waals surface area contributed by atoms with E-state index in [1.165, 1.54) is 21.7 Å². The highest BCUT2D eigenvalue weighted by atomic mass is 79.9. The van der Waals surface area contributed by atoms with Crippen molar-refractivity contribution in [1.82, 2.24) is 4.98 Å². The van der Waals surface area contributed by atoms with Gasteiger partial charge in [-0.15, -0.1) is 11.3 Å². The number of benzene rings is 1. The zero-order valence-electron chi connectivity index (χ0n) is 6.75. The van der Waals surface area contributed by atoms with E-state index in [9.17, 15) is 0 Å². The Morgan fingerprint density at radius 2 is 2.15 bits per heavy atom. The van der Waals surface area contributed by atoms with Crippen LogP contribution in [-0.4, -0.2) is 4.98 Å². The van der Waals surface area contributed by atoms with Crippen molar-refractivity contribution >= 4 is 27.3 Å². The molecule has 3 heteroatoms. The molecule has 1 aromatic heterocycles. The van der Waals surface area contributed by atoms with E-state index in [4.69, 9.17) is 0 Å². The average molecular weight is 252 g/mol. The Labute approximate surface area is 88.6 Å². The molecule has 0 radical (unpaired) electrons. The van der Waals surface area contributed by atoms with Crippen LogP contribution in [0.4, 0.5) is 0 Å². The van der Waals surface area contributed by atoms with Crippen molar-refractivity contribution in [1.29, 1.82) is 0 Å². The molecule has 0 N–H and O–H groups in total. The fourth-order valence-corrected chi connectivity index (χ4v) is 3.32. The van der Waals surface area contributed by atoms with Crippen molar-refractivity contribution in [3.8, 4) is 11.3 Å². The SMILES string of the molecule is Brc1nc2c(s1)Cc1ccccc1-2. The standard InChI is InChI=1S/C10H6BrNS/c11-10-12-9-7-4-2-1-3-6(7)5-8(9)13-10/h1-4H,5H2. The zero-order valence-corrected chi connectivity index (χ0v) is 9.15. The topological polar surface area (TPSA) is 12.9 Å². The highest BCUT2D eigenvalue weighted by Gasteiger charge is 2.21. The van der Waals surface area contributed by atoms with Gasteiger partial charge in [-0.05, 0) is 21.5 Å². The second-order valence-corrected chi connectivity index (χ2v) is 5.43. The molecule has 64 valence electrons. The van der Waals surface area contributed by atoms with Crippen molar-refractivity contribution in [3.63, 3.8) is 0 Å². The maximum Gasteiger partial charge on any atom is 0.160 e. The van der Waals surface area contributed by atoms with Gasteiger partial charge in [-0.2, -0.15) is 0 Å². The number of hydrogen-bond donors (Lipinski definition) is 0. The first-order valence-corrected chi connectivity index (χ1v) is 5.69. The van der Waals surface area contributed by atoms with Gasteiger partial charge in [-0.1, -0.05) is 24.3 Å². The van der Waals surface area contributed by atoms with Gasteiger partial charge in [0.25, 0.3) is 0 Å². The van der Waals surface area contributed by atoms with Crippen LogP contribution in [0, 0.1) is 0 Å². The monoisotopic (exact) mass is 251 g/mol. The van der Waals surface area contributed by atoms with E-state index in [2.05, 4.69) is 45.2 Å². The number of rotatable bonds is 0. The van der Waals surface area contributed by atoms with Gasteiger partial charge in [-0.3, -0.25) is 0 Å². The molecule has 0 fully saturated rings. The van der Waals surface area contributed by atoms with Crippen LogP contribution in [0.25, 0.3) is 11.3 Å². The Kier molecular flexibility index (Phi) is 1.58. The number of halogens is 1. The van der Waals surface area contributed by atoms with Crippen molar-refractivity contribution in [2.45, 2.75) is 6.42 Å². The van der Waals surface area contributed by atoms with E-state index in [1.807, 2.05) is 0 Å². The molecule has 0 saturated carbocycles. The third-order valence-corrected chi connectivity index (χ3v) is 3.80. The van der Waals surface area contributed by atoms with Crippen LogP contribution in [0.1, 0.15) is 10.4 Å². The first-order chi connectivity index (χ1) is 6.34. The predicted molar refractivity (Wildman–Crippen MR) is 58.1 cm³/mol. The van der Waals surface area contributed by atoms with Crippen LogP contribution in [0.3, 0.4) is 0 Å². The second kappa shape index (κ2) is 2.66. The lowest BCUT2D eigenvalue weighted by Gasteiger charge is -1.95. The summed E-state index contributed by atoms with van der Waals surface area (Å²) in [7, 11) is 0. The van der Waals surface area contributed by atoms with Gasteiger partial charge in [-0.25, -0.2) is 4.98 Å².